The number of fused-ring (bicyclic) bond motifs is 5. The fraction of sp³-hybridized carbons (Fsp3) is 0. The Morgan fingerprint density at radius 1 is 0.286 bits per heavy atom. The zero-order valence-corrected chi connectivity index (χ0v) is 26.6. The first-order chi connectivity index (χ1) is 24.3. The predicted molar refractivity (Wildman–Crippen MR) is 209 cm³/mol. The molecule has 10 aromatic carbocycles. The predicted octanol–water partition coefficient (Wildman–Crippen LogP) is 13.8. The average molecular weight is 621 g/mol. The third-order valence-corrected chi connectivity index (χ3v) is 10.6. The van der Waals surface area contributed by atoms with Crippen LogP contribution in [0.5, 0.6) is 0 Å². The van der Waals surface area contributed by atoms with Crippen LogP contribution >= 0.6 is 0 Å². The van der Waals surface area contributed by atoms with E-state index in [0.717, 1.165) is 11.2 Å². The van der Waals surface area contributed by atoms with Crippen molar-refractivity contribution in [3.8, 4) is 33.4 Å². The molecule has 226 valence electrons. The monoisotopic (exact) mass is 620 g/mol. The van der Waals surface area contributed by atoms with E-state index < -0.39 is 0 Å². The summed E-state index contributed by atoms with van der Waals surface area (Å²) in [6, 6.07) is 62.2. The van der Waals surface area contributed by atoms with Crippen LogP contribution in [0.4, 0.5) is 0 Å². The zero-order valence-electron chi connectivity index (χ0n) is 26.6. The minimum absolute atomic E-state index is 0.939. The van der Waals surface area contributed by atoms with E-state index in [9.17, 15) is 0 Å². The highest BCUT2D eigenvalue weighted by atomic mass is 16.3. The second-order valence-corrected chi connectivity index (χ2v) is 13.2. The molecule has 11 aromatic rings. The van der Waals surface area contributed by atoms with Crippen molar-refractivity contribution in [2.75, 3.05) is 0 Å². The van der Waals surface area contributed by atoms with Gasteiger partial charge in [-0.15, -0.1) is 0 Å². The van der Waals surface area contributed by atoms with E-state index in [1.165, 1.54) is 98.0 Å². The largest absolute Gasteiger partial charge is 0.456 e. The molecule has 0 aliphatic rings. The molecule has 0 unspecified atom stereocenters. The van der Waals surface area contributed by atoms with E-state index in [1.807, 2.05) is 0 Å². The highest BCUT2D eigenvalue weighted by molar-refractivity contribution is 6.28. The Balaban J connectivity index is 1.18. The lowest BCUT2D eigenvalue weighted by Gasteiger charge is -2.19. The fourth-order valence-electron chi connectivity index (χ4n) is 8.53. The maximum Gasteiger partial charge on any atom is 0.136 e. The fourth-order valence-corrected chi connectivity index (χ4v) is 8.53. The van der Waals surface area contributed by atoms with Gasteiger partial charge in [0.05, 0.1) is 0 Å². The summed E-state index contributed by atoms with van der Waals surface area (Å²) in [7, 11) is 0. The third kappa shape index (κ3) is 3.76. The Bertz CT molecular complexity index is 3050. The molecule has 0 saturated heterocycles. The van der Waals surface area contributed by atoms with Crippen molar-refractivity contribution in [1.82, 2.24) is 0 Å². The number of hydrogen-bond acceptors (Lipinski definition) is 1. The van der Waals surface area contributed by atoms with E-state index in [1.54, 1.807) is 0 Å². The van der Waals surface area contributed by atoms with Gasteiger partial charge in [0, 0.05) is 10.8 Å². The molecule has 1 heterocycles. The van der Waals surface area contributed by atoms with Crippen molar-refractivity contribution in [3.05, 3.63) is 170 Å². The molecule has 0 atom stereocenters. The SMILES string of the molecule is c1cc(-c2c3ccccc3c(-c3ccc4oc5cccc6ccc3c4c65)c3ccccc23)cc(-c2cccc3c2ccc2ccccc23)c1. The zero-order chi connectivity index (χ0) is 32.1. The number of hydrogen-bond donors (Lipinski definition) is 0. The van der Waals surface area contributed by atoms with Crippen LogP contribution in [0.15, 0.2) is 174 Å². The summed E-state index contributed by atoms with van der Waals surface area (Å²) in [5.41, 5.74) is 9.34. The van der Waals surface area contributed by atoms with E-state index in [-0.39, 0.29) is 0 Å². The number of benzene rings is 10. The van der Waals surface area contributed by atoms with Crippen molar-refractivity contribution in [2.24, 2.45) is 0 Å². The normalized spacial score (nSPS) is 12.1. The van der Waals surface area contributed by atoms with E-state index in [4.69, 9.17) is 4.42 Å². The highest BCUT2D eigenvalue weighted by Crippen LogP contribution is 2.48. The number of furan rings is 1. The summed E-state index contributed by atoms with van der Waals surface area (Å²) in [6.07, 6.45) is 0. The van der Waals surface area contributed by atoms with Crippen molar-refractivity contribution in [3.63, 3.8) is 0 Å². The van der Waals surface area contributed by atoms with Gasteiger partial charge >= 0.3 is 0 Å². The molecule has 0 aliphatic carbocycles. The van der Waals surface area contributed by atoms with Gasteiger partial charge in [0.15, 0.2) is 0 Å². The molecule has 0 saturated carbocycles. The van der Waals surface area contributed by atoms with Crippen molar-refractivity contribution in [1.29, 1.82) is 0 Å². The molecule has 49 heavy (non-hydrogen) atoms. The Morgan fingerprint density at radius 3 is 1.69 bits per heavy atom. The van der Waals surface area contributed by atoms with Gasteiger partial charge in [0.2, 0.25) is 0 Å². The summed E-state index contributed by atoms with van der Waals surface area (Å²) in [4.78, 5) is 0. The standard InChI is InChI=1S/C48H28O/c1-2-14-33-29(10-1)22-24-36-34(19-9-20-35(33)36)31-12-7-13-32(28-31)45-37-15-3-5-17-39(37)47(40-18-6-4-16-38(40)45)41-26-27-44-48-42(41)25-23-30-11-8-21-43(49-44)46(30)48/h1-28H. The quantitative estimate of drug-likeness (QED) is 0.141. The van der Waals surface area contributed by atoms with Crippen LogP contribution in [-0.2, 0) is 0 Å². The first kappa shape index (κ1) is 26.6. The van der Waals surface area contributed by atoms with Gasteiger partial charge in [-0.3, -0.25) is 0 Å². The summed E-state index contributed by atoms with van der Waals surface area (Å²) < 4.78 is 6.35. The smallest absolute Gasteiger partial charge is 0.136 e. The molecule has 1 nitrogen and oxygen atoms in total. The van der Waals surface area contributed by atoms with Gasteiger partial charge in [-0.2, -0.15) is 0 Å². The number of rotatable bonds is 3. The minimum atomic E-state index is 0.939. The maximum absolute atomic E-state index is 6.35. The summed E-state index contributed by atoms with van der Waals surface area (Å²) in [6.45, 7) is 0. The first-order valence-corrected chi connectivity index (χ1v) is 16.9. The molecule has 0 radical (unpaired) electrons. The molecule has 0 fully saturated rings. The molecule has 11 rings (SSSR count). The molecule has 0 aliphatic heterocycles. The molecule has 0 N–H and O–H groups in total. The van der Waals surface area contributed by atoms with Crippen LogP contribution in [0, 0.1) is 0 Å². The highest BCUT2D eigenvalue weighted by Gasteiger charge is 2.21. The lowest BCUT2D eigenvalue weighted by molar-refractivity contribution is 0.669. The molecule has 0 spiro atoms. The third-order valence-electron chi connectivity index (χ3n) is 10.6. The lowest BCUT2D eigenvalue weighted by Crippen LogP contribution is -1.92. The van der Waals surface area contributed by atoms with Gasteiger partial charge in [-0.05, 0) is 112 Å². The van der Waals surface area contributed by atoms with E-state index in [2.05, 4.69) is 170 Å². The Hall–Kier alpha value is -6.44. The Morgan fingerprint density at radius 2 is 0.878 bits per heavy atom. The van der Waals surface area contributed by atoms with Crippen molar-refractivity contribution in [2.45, 2.75) is 0 Å². The minimum Gasteiger partial charge on any atom is -0.456 e. The Kier molecular flexibility index (Phi) is 5.45. The van der Waals surface area contributed by atoms with Crippen LogP contribution in [0.3, 0.4) is 0 Å². The van der Waals surface area contributed by atoms with Crippen LogP contribution in [-0.4, -0.2) is 0 Å². The molecular formula is C48H28O. The van der Waals surface area contributed by atoms with Gasteiger partial charge < -0.3 is 4.42 Å². The molecule has 0 bridgehead atoms. The average Bonchev–Trinajstić information content (AvgIpc) is 3.56. The topological polar surface area (TPSA) is 13.1 Å². The summed E-state index contributed by atoms with van der Waals surface area (Å²) in [5, 5.41) is 15.0. The van der Waals surface area contributed by atoms with E-state index >= 15 is 0 Å². The van der Waals surface area contributed by atoms with Crippen molar-refractivity contribution < 1.29 is 4.42 Å². The molecular weight excluding hydrogens is 593 g/mol. The van der Waals surface area contributed by atoms with Crippen molar-refractivity contribution >= 4 is 75.8 Å². The lowest BCUT2D eigenvalue weighted by atomic mass is 9.84. The van der Waals surface area contributed by atoms with Crippen LogP contribution < -0.4 is 0 Å². The maximum atomic E-state index is 6.35. The van der Waals surface area contributed by atoms with Gasteiger partial charge in [-0.25, -0.2) is 0 Å². The second-order valence-electron chi connectivity index (χ2n) is 13.2. The van der Waals surface area contributed by atoms with Crippen LogP contribution in [0.25, 0.3) is 109 Å². The van der Waals surface area contributed by atoms with Crippen LogP contribution in [0.1, 0.15) is 0 Å². The molecule has 1 aromatic heterocycles. The van der Waals surface area contributed by atoms with Gasteiger partial charge in [0.25, 0.3) is 0 Å². The van der Waals surface area contributed by atoms with E-state index in [0.29, 0.717) is 0 Å². The second kappa shape index (κ2) is 10.0. The van der Waals surface area contributed by atoms with Gasteiger partial charge in [0.1, 0.15) is 11.2 Å². The summed E-state index contributed by atoms with van der Waals surface area (Å²) >= 11 is 0. The summed E-state index contributed by atoms with van der Waals surface area (Å²) in [5.74, 6) is 0. The molecule has 1 heteroatoms. The van der Waals surface area contributed by atoms with Crippen LogP contribution in [0.2, 0.25) is 0 Å². The van der Waals surface area contributed by atoms with Gasteiger partial charge in [-0.1, -0.05) is 146 Å². The Labute approximate surface area is 282 Å². The molecule has 0 amide bonds. The first-order valence-electron chi connectivity index (χ1n) is 16.9.